The van der Waals surface area contributed by atoms with E-state index in [-0.39, 0.29) is 5.91 Å². The van der Waals surface area contributed by atoms with Gasteiger partial charge in [-0.1, -0.05) is 0 Å². The molecule has 0 bridgehead atoms. The van der Waals surface area contributed by atoms with Crippen molar-refractivity contribution < 1.29 is 4.79 Å². The fourth-order valence-corrected chi connectivity index (χ4v) is 3.19. The largest absolute Gasteiger partial charge is 0.357 e. The number of nitrogens with one attached hydrogen (secondary N) is 1. The van der Waals surface area contributed by atoms with Crippen LogP contribution in [0.3, 0.4) is 0 Å². The van der Waals surface area contributed by atoms with Crippen LogP contribution in [0.15, 0.2) is 18.3 Å². The van der Waals surface area contributed by atoms with E-state index in [1.54, 1.807) is 0 Å². The number of nitrogens with zero attached hydrogens (tertiary/aromatic N) is 4. The van der Waals surface area contributed by atoms with Crippen LogP contribution in [0.25, 0.3) is 0 Å². The summed E-state index contributed by atoms with van der Waals surface area (Å²) in [5.74, 6) is 1.03. The second kappa shape index (κ2) is 7.03. The number of carbonyl (C=O) groups is 1. The number of rotatable bonds is 5. The maximum atomic E-state index is 12.3. The molecule has 0 radical (unpaired) electrons. The Balaban J connectivity index is 1.59. The van der Waals surface area contributed by atoms with Crippen LogP contribution in [-0.2, 0) is 24.8 Å². The third kappa shape index (κ3) is 3.58. The Kier molecular flexibility index (Phi) is 4.83. The van der Waals surface area contributed by atoms with Crippen LogP contribution in [0.5, 0.6) is 0 Å². The van der Waals surface area contributed by atoms with Gasteiger partial charge in [0.15, 0.2) is 0 Å². The summed E-state index contributed by atoms with van der Waals surface area (Å²) in [5.41, 5.74) is 4.07. The molecule has 1 amide bonds. The quantitative estimate of drug-likeness (QED) is 0.911. The van der Waals surface area contributed by atoms with E-state index >= 15 is 0 Å². The van der Waals surface area contributed by atoms with Gasteiger partial charge >= 0.3 is 0 Å². The lowest BCUT2D eigenvalue weighted by Crippen LogP contribution is -2.25. The minimum Gasteiger partial charge on any atom is -0.357 e. The van der Waals surface area contributed by atoms with Crippen molar-refractivity contribution in [3.05, 3.63) is 40.8 Å². The second-order valence-electron chi connectivity index (χ2n) is 6.44. The van der Waals surface area contributed by atoms with Crippen LogP contribution in [0, 0.1) is 13.8 Å². The fourth-order valence-electron chi connectivity index (χ4n) is 3.19. The molecule has 0 aliphatic carbocycles. The Bertz CT molecular complexity index is 731. The second-order valence-corrected chi connectivity index (χ2v) is 6.44. The average molecular weight is 327 g/mol. The number of carbonyl (C=O) groups excluding carboxylic acids is 1. The molecule has 128 valence electrons. The summed E-state index contributed by atoms with van der Waals surface area (Å²) in [4.78, 5) is 19.0. The summed E-state index contributed by atoms with van der Waals surface area (Å²) in [7, 11) is 1.90. The van der Waals surface area contributed by atoms with E-state index in [1.165, 1.54) is 12.8 Å². The van der Waals surface area contributed by atoms with E-state index in [0.717, 1.165) is 41.4 Å². The molecule has 0 atom stereocenters. The van der Waals surface area contributed by atoms with Crippen molar-refractivity contribution in [2.24, 2.45) is 7.05 Å². The molecule has 1 saturated heterocycles. The van der Waals surface area contributed by atoms with Gasteiger partial charge in [-0.15, -0.1) is 0 Å². The number of hydrogen-bond acceptors (Lipinski definition) is 4. The molecule has 0 saturated carbocycles. The van der Waals surface area contributed by atoms with Crippen LogP contribution in [-0.4, -0.2) is 33.8 Å². The van der Waals surface area contributed by atoms with Crippen molar-refractivity contribution >= 4 is 11.7 Å². The first-order valence-electron chi connectivity index (χ1n) is 8.50. The first-order valence-corrected chi connectivity index (χ1v) is 8.50. The standard InChI is InChI=1S/C18H25N5O/c1-13-16(14(2)22(3)21-13)11-18(24)20-12-15-6-7-19-17(10-15)23-8-4-5-9-23/h6-7,10H,4-5,8-9,11-12H2,1-3H3,(H,20,24). The fraction of sp³-hybridized carbons (Fsp3) is 0.500. The van der Waals surface area contributed by atoms with Crippen molar-refractivity contribution in [3.63, 3.8) is 0 Å². The molecular formula is C18H25N5O. The van der Waals surface area contributed by atoms with Crippen LogP contribution in [0.2, 0.25) is 0 Å². The first-order chi connectivity index (χ1) is 11.5. The Morgan fingerprint density at radius 3 is 2.71 bits per heavy atom. The van der Waals surface area contributed by atoms with Crippen molar-refractivity contribution in [2.45, 2.75) is 39.7 Å². The van der Waals surface area contributed by atoms with E-state index in [2.05, 4.69) is 26.4 Å². The molecule has 24 heavy (non-hydrogen) atoms. The third-order valence-electron chi connectivity index (χ3n) is 4.73. The molecule has 1 aliphatic heterocycles. The topological polar surface area (TPSA) is 63.1 Å². The van der Waals surface area contributed by atoms with Crippen LogP contribution in [0.1, 0.15) is 35.4 Å². The highest BCUT2D eigenvalue weighted by molar-refractivity contribution is 5.79. The number of hydrogen-bond donors (Lipinski definition) is 1. The highest BCUT2D eigenvalue weighted by Gasteiger charge is 2.15. The van der Waals surface area contributed by atoms with Crippen LogP contribution >= 0.6 is 0 Å². The lowest BCUT2D eigenvalue weighted by molar-refractivity contribution is -0.120. The molecule has 6 nitrogen and oxygen atoms in total. The van der Waals surface area contributed by atoms with Gasteiger partial charge in [0, 0.05) is 44.1 Å². The van der Waals surface area contributed by atoms with Gasteiger partial charge in [-0.25, -0.2) is 4.98 Å². The lowest BCUT2D eigenvalue weighted by Gasteiger charge is -2.17. The number of aromatic nitrogens is 3. The molecule has 3 rings (SSSR count). The van der Waals surface area contributed by atoms with Gasteiger partial charge < -0.3 is 10.2 Å². The van der Waals surface area contributed by atoms with E-state index in [4.69, 9.17) is 0 Å². The Hall–Kier alpha value is -2.37. The summed E-state index contributed by atoms with van der Waals surface area (Å²) < 4.78 is 1.82. The Labute approximate surface area is 142 Å². The molecule has 0 spiro atoms. The van der Waals surface area contributed by atoms with Crippen molar-refractivity contribution in [1.29, 1.82) is 0 Å². The summed E-state index contributed by atoms with van der Waals surface area (Å²) in [6, 6.07) is 4.03. The Morgan fingerprint density at radius 2 is 2.04 bits per heavy atom. The van der Waals surface area contributed by atoms with Crippen molar-refractivity contribution in [2.75, 3.05) is 18.0 Å². The molecule has 3 heterocycles. The summed E-state index contributed by atoms with van der Waals surface area (Å²) in [6.45, 7) is 6.61. The third-order valence-corrected chi connectivity index (χ3v) is 4.73. The molecule has 0 unspecified atom stereocenters. The molecule has 1 N–H and O–H groups in total. The monoisotopic (exact) mass is 327 g/mol. The van der Waals surface area contributed by atoms with E-state index in [0.29, 0.717) is 13.0 Å². The minimum atomic E-state index is 0.0220. The number of aryl methyl sites for hydroxylation is 2. The zero-order valence-electron chi connectivity index (χ0n) is 14.7. The number of pyridine rings is 1. The average Bonchev–Trinajstić information content (AvgIpc) is 3.18. The van der Waals surface area contributed by atoms with Crippen molar-refractivity contribution in [1.82, 2.24) is 20.1 Å². The van der Waals surface area contributed by atoms with Gasteiger partial charge in [-0.05, 0) is 44.4 Å². The summed E-state index contributed by atoms with van der Waals surface area (Å²) in [6.07, 6.45) is 4.65. The Morgan fingerprint density at radius 1 is 1.29 bits per heavy atom. The molecular weight excluding hydrogens is 302 g/mol. The molecule has 2 aromatic heterocycles. The van der Waals surface area contributed by atoms with E-state index < -0.39 is 0 Å². The van der Waals surface area contributed by atoms with Crippen LogP contribution in [0.4, 0.5) is 5.82 Å². The summed E-state index contributed by atoms with van der Waals surface area (Å²) >= 11 is 0. The van der Waals surface area contributed by atoms with Gasteiger partial charge in [-0.3, -0.25) is 9.48 Å². The summed E-state index contributed by atoms with van der Waals surface area (Å²) in [5, 5.41) is 7.37. The van der Waals surface area contributed by atoms with Gasteiger partial charge in [0.2, 0.25) is 5.91 Å². The minimum absolute atomic E-state index is 0.0220. The predicted octanol–water partition coefficient (Wildman–Crippen LogP) is 1.89. The zero-order chi connectivity index (χ0) is 17.1. The maximum absolute atomic E-state index is 12.3. The molecule has 1 aliphatic rings. The predicted molar refractivity (Wildman–Crippen MR) is 93.9 cm³/mol. The SMILES string of the molecule is Cc1nn(C)c(C)c1CC(=O)NCc1ccnc(N2CCCC2)c1. The van der Waals surface area contributed by atoms with Gasteiger partial charge in [0.25, 0.3) is 0 Å². The molecule has 2 aromatic rings. The lowest BCUT2D eigenvalue weighted by atomic mass is 10.1. The smallest absolute Gasteiger partial charge is 0.224 e. The molecule has 6 heteroatoms. The van der Waals surface area contributed by atoms with Gasteiger partial charge in [0.1, 0.15) is 5.82 Å². The molecule has 1 fully saturated rings. The van der Waals surface area contributed by atoms with Gasteiger partial charge in [0.05, 0.1) is 12.1 Å². The zero-order valence-corrected chi connectivity index (χ0v) is 14.7. The normalized spacial score (nSPS) is 14.2. The van der Waals surface area contributed by atoms with Crippen LogP contribution < -0.4 is 10.2 Å². The van der Waals surface area contributed by atoms with Gasteiger partial charge in [-0.2, -0.15) is 5.10 Å². The number of anilines is 1. The maximum Gasteiger partial charge on any atom is 0.224 e. The van der Waals surface area contributed by atoms with E-state index in [1.807, 2.05) is 37.8 Å². The first kappa shape index (κ1) is 16.5. The van der Waals surface area contributed by atoms with E-state index in [9.17, 15) is 4.79 Å². The number of amides is 1. The highest BCUT2D eigenvalue weighted by atomic mass is 16.1. The van der Waals surface area contributed by atoms with Crippen molar-refractivity contribution in [3.8, 4) is 0 Å². The molecule has 0 aromatic carbocycles. The highest BCUT2D eigenvalue weighted by Crippen LogP contribution is 2.18.